The van der Waals surface area contributed by atoms with Crippen LogP contribution in [-0.2, 0) is 0 Å². The van der Waals surface area contributed by atoms with E-state index in [4.69, 9.17) is 10.1 Å². The number of anilines is 3. The fourth-order valence-electron chi connectivity index (χ4n) is 3.28. The standard InChI is InChI=1S/C22H19N3O2/c1-13-10-11-15(23-22(26)27)12-19(13)25-21-16-7-3-4-9-18(16)24-20-14(2)6-5-8-17(20)21/h3-12,23H,1-2H3,(H,24,25)(H,26,27). The number of hydrogen-bond acceptors (Lipinski definition) is 3. The highest BCUT2D eigenvalue weighted by Gasteiger charge is 2.12. The molecule has 3 N–H and O–H groups in total. The van der Waals surface area contributed by atoms with Crippen LogP contribution in [-0.4, -0.2) is 16.2 Å². The molecular formula is C22H19N3O2. The average Bonchev–Trinajstić information content (AvgIpc) is 2.64. The molecule has 1 heterocycles. The first kappa shape index (κ1) is 16.8. The average molecular weight is 357 g/mol. The van der Waals surface area contributed by atoms with Crippen molar-refractivity contribution in [2.45, 2.75) is 13.8 Å². The SMILES string of the molecule is Cc1ccc(NC(=O)O)cc1Nc1c2ccccc2nc2c(C)cccc12. The van der Waals surface area contributed by atoms with Crippen LogP contribution in [0.5, 0.6) is 0 Å². The molecule has 4 aromatic rings. The van der Waals surface area contributed by atoms with Crippen LogP contribution in [0.3, 0.4) is 0 Å². The number of aryl methyl sites for hydroxylation is 2. The summed E-state index contributed by atoms with van der Waals surface area (Å²) in [6.45, 7) is 4.04. The molecule has 5 heteroatoms. The fraction of sp³-hybridized carbons (Fsp3) is 0.0909. The Morgan fingerprint density at radius 2 is 1.70 bits per heavy atom. The Kier molecular flexibility index (Phi) is 4.12. The highest BCUT2D eigenvalue weighted by atomic mass is 16.4. The summed E-state index contributed by atoms with van der Waals surface area (Å²) in [6.07, 6.45) is -1.08. The first-order valence-corrected chi connectivity index (χ1v) is 8.68. The minimum atomic E-state index is -1.08. The van der Waals surface area contributed by atoms with Crippen molar-refractivity contribution in [2.24, 2.45) is 0 Å². The van der Waals surface area contributed by atoms with E-state index in [1.807, 2.05) is 43.3 Å². The fourth-order valence-corrected chi connectivity index (χ4v) is 3.28. The zero-order valence-corrected chi connectivity index (χ0v) is 15.1. The van der Waals surface area contributed by atoms with Gasteiger partial charge in [0.05, 0.1) is 16.7 Å². The lowest BCUT2D eigenvalue weighted by atomic mass is 10.0. The van der Waals surface area contributed by atoms with Gasteiger partial charge >= 0.3 is 6.09 Å². The van der Waals surface area contributed by atoms with Crippen molar-refractivity contribution >= 4 is 45.0 Å². The summed E-state index contributed by atoms with van der Waals surface area (Å²) in [6, 6.07) is 19.6. The summed E-state index contributed by atoms with van der Waals surface area (Å²) in [5, 5.41) is 17.0. The van der Waals surface area contributed by atoms with E-state index in [1.54, 1.807) is 12.1 Å². The molecule has 0 aliphatic rings. The zero-order chi connectivity index (χ0) is 19.0. The van der Waals surface area contributed by atoms with E-state index in [0.29, 0.717) is 5.69 Å². The van der Waals surface area contributed by atoms with Crippen LogP contribution >= 0.6 is 0 Å². The molecule has 0 atom stereocenters. The van der Waals surface area contributed by atoms with E-state index >= 15 is 0 Å². The highest BCUT2D eigenvalue weighted by Crippen LogP contribution is 2.35. The minimum absolute atomic E-state index is 0.523. The van der Waals surface area contributed by atoms with Crippen molar-refractivity contribution in [3.63, 3.8) is 0 Å². The molecule has 0 unspecified atom stereocenters. The Balaban J connectivity index is 1.93. The van der Waals surface area contributed by atoms with Crippen LogP contribution < -0.4 is 10.6 Å². The summed E-state index contributed by atoms with van der Waals surface area (Å²) < 4.78 is 0. The van der Waals surface area contributed by atoms with E-state index in [1.165, 1.54) is 0 Å². The van der Waals surface area contributed by atoms with E-state index in [0.717, 1.165) is 44.3 Å². The second-order valence-corrected chi connectivity index (χ2v) is 6.56. The van der Waals surface area contributed by atoms with Crippen molar-refractivity contribution in [3.8, 4) is 0 Å². The summed E-state index contributed by atoms with van der Waals surface area (Å²) in [4.78, 5) is 15.8. The van der Waals surface area contributed by atoms with Gasteiger partial charge in [0.2, 0.25) is 0 Å². The van der Waals surface area contributed by atoms with Gasteiger partial charge in [-0.3, -0.25) is 5.32 Å². The number of rotatable bonds is 3. The maximum atomic E-state index is 11.0. The Morgan fingerprint density at radius 1 is 0.926 bits per heavy atom. The van der Waals surface area contributed by atoms with Gasteiger partial charge in [-0.15, -0.1) is 0 Å². The van der Waals surface area contributed by atoms with Gasteiger partial charge in [-0.25, -0.2) is 9.78 Å². The van der Waals surface area contributed by atoms with Gasteiger partial charge in [-0.05, 0) is 43.2 Å². The monoisotopic (exact) mass is 357 g/mol. The quantitative estimate of drug-likeness (QED) is 0.403. The molecule has 0 radical (unpaired) electrons. The first-order chi connectivity index (χ1) is 13.0. The van der Waals surface area contributed by atoms with Gasteiger partial charge in [-0.1, -0.05) is 42.5 Å². The molecule has 27 heavy (non-hydrogen) atoms. The maximum Gasteiger partial charge on any atom is 0.409 e. The Morgan fingerprint density at radius 3 is 2.52 bits per heavy atom. The second kappa shape index (κ2) is 6.61. The van der Waals surface area contributed by atoms with Crippen LogP contribution in [0, 0.1) is 13.8 Å². The van der Waals surface area contributed by atoms with Gasteiger partial charge in [0, 0.05) is 22.1 Å². The molecule has 0 aliphatic carbocycles. The van der Waals surface area contributed by atoms with Gasteiger partial charge in [0.15, 0.2) is 0 Å². The zero-order valence-electron chi connectivity index (χ0n) is 15.1. The summed E-state index contributed by atoms with van der Waals surface area (Å²) in [5.41, 5.74) is 6.34. The van der Waals surface area contributed by atoms with Crippen molar-refractivity contribution < 1.29 is 9.90 Å². The van der Waals surface area contributed by atoms with E-state index < -0.39 is 6.09 Å². The van der Waals surface area contributed by atoms with Crippen LogP contribution in [0.1, 0.15) is 11.1 Å². The molecule has 0 saturated carbocycles. The number of hydrogen-bond donors (Lipinski definition) is 3. The number of fused-ring (bicyclic) bond motifs is 2. The lowest BCUT2D eigenvalue weighted by Crippen LogP contribution is -2.07. The predicted octanol–water partition coefficient (Wildman–Crippen LogP) is 5.84. The lowest BCUT2D eigenvalue weighted by molar-refractivity contribution is 0.210. The van der Waals surface area contributed by atoms with Crippen LogP contribution in [0.15, 0.2) is 60.7 Å². The lowest BCUT2D eigenvalue weighted by Gasteiger charge is -2.16. The summed E-state index contributed by atoms with van der Waals surface area (Å²) in [7, 11) is 0. The molecule has 0 aliphatic heterocycles. The normalized spacial score (nSPS) is 10.9. The molecule has 134 valence electrons. The molecule has 0 saturated heterocycles. The Hall–Kier alpha value is -3.60. The number of para-hydroxylation sites is 2. The molecule has 4 rings (SSSR count). The maximum absolute atomic E-state index is 11.0. The third-order valence-electron chi connectivity index (χ3n) is 4.66. The largest absolute Gasteiger partial charge is 0.465 e. The number of nitrogens with zero attached hydrogens (tertiary/aromatic N) is 1. The molecular weight excluding hydrogens is 338 g/mol. The molecule has 3 aromatic carbocycles. The first-order valence-electron chi connectivity index (χ1n) is 8.68. The van der Waals surface area contributed by atoms with E-state index in [2.05, 4.69) is 29.7 Å². The third-order valence-corrected chi connectivity index (χ3v) is 4.66. The number of benzene rings is 3. The molecule has 1 amide bonds. The van der Waals surface area contributed by atoms with Crippen molar-refractivity contribution in [3.05, 3.63) is 71.8 Å². The summed E-state index contributed by atoms with van der Waals surface area (Å²) >= 11 is 0. The number of amides is 1. The van der Waals surface area contributed by atoms with Crippen molar-refractivity contribution in [1.82, 2.24) is 4.98 Å². The van der Waals surface area contributed by atoms with Crippen LogP contribution in [0.2, 0.25) is 0 Å². The second-order valence-electron chi connectivity index (χ2n) is 6.56. The predicted molar refractivity (Wildman–Crippen MR) is 110 cm³/mol. The number of nitrogens with one attached hydrogen (secondary N) is 2. The van der Waals surface area contributed by atoms with Crippen LogP contribution in [0.25, 0.3) is 21.8 Å². The Bertz CT molecular complexity index is 1180. The highest BCUT2D eigenvalue weighted by molar-refractivity contribution is 6.09. The topological polar surface area (TPSA) is 74.2 Å². The van der Waals surface area contributed by atoms with Gasteiger partial charge in [-0.2, -0.15) is 0 Å². The Labute approximate surface area is 156 Å². The van der Waals surface area contributed by atoms with Gasteiger partial charge in [0.1, 0.15) is 0 Å². The van der Waals surface area contributed by atoms with E-state index in [9.17, 15) is 4.79 Å². The number of pyridine rings is 1. The van der Waals surface area contributed by atoms with Crippen molar-refractivity contribution in [2.75, 3.05) is 10.6 Å². The molecule has 1 aromatic heterocycles. The number of aromatic nitrogens is 1. The van der Waals surface area contributed by atoms with Gasteiger partial charge < -0.3 is 10.4 Å². The third kappa shape index (κ3) is 3.15. The number of carbonyl (C=O) groups is 1. The van der Waals surface area contributed by atoms with E-state index in [-0.39, 0.29) is 0 Å². The molecule has 0 spiro atoms. The molecule has 5 nitrogen and oxygen atoms in total. The van der Waals surface area contributed by atoms with Crippen molar-refractivity contribution in [1.29, 1.82) is 0 Å². The van der Waals surface area contributed by atoms with Crippen LogP contribution in [0.4, 0.5) is 21.9 Å². The molecule has 0 fully saturated rings. The smallest absolute Gasteiger partial charge is 0.409 e. The molecule has 0 bridgehead atoms. The summed E-state index contributed by atoms with van der Waals surface area (Å²) in [5.74, 6) is 0. The number of carboxylic acid groups (broad SMARTS) is 1. The minimum Gasteiger partial charge on any atom is -0.465 e. The van der Waals surface area contributed by atoms with Gasteiger partial charge in [0.25, 0.3) is 0 Å².